The number of likely N-dealkylation sites (N-methyl/N-ethyl adjacent to an activating group) is 1. The smallest absolute Gasteiger partial charge is 0.322 e. The van der Waals surface area contributed by atoms with Crippen molar-refractivity contribution in [2.24, 2.45) is 0 Å². The van der Waals surface area contributed by atoms with E-state index in [-0.39, 0.29) is 11.3 Å². The van der Waals surface area contributed by atoms with Crippen LogP contribution in [-0.2, 0) is 21.2 Å². The first-order valence-corrected chi connectivity index (χ1v) is 9.12. The number of carboxylic acids is 1. The van der Waals surface area contributed by atoms with Gasteiger partial charge in [-0.1, -0.05) is 35.3 Å². The second kappa shape index (κ2) is 7.53. The van der Waals surface area contributed by atoms with E-state index in [9.17, 15) is 18.3 Å². The Bertz CT molecular complexity index is 820. The Balaban J connectivity index is 2.31. The minimum atomic E-state index is -3.96. The third-order valence-electron chi connectivity index (χ3n) is 3.56. The van der Waals surface area contributed by atoms with Crippen LogP contribution in [0.25, 0.3) is 0 Å². The van der Waals surface area contributed by atoms with Gasteiger partial charge in [0.1, 0.15) is 6.04 Å². The lowest BCUT2D eigenvalue weighted by Crippen LogP contribution is -2.43. The second-order valence-corrected chi connectivity index (χ2v) is 8.03. The molecular formula is C16H15Cl2NO4S. The Morgan fingerprint density at radius 2 is 1.50 bits per heavy atom. The topological polar surface area (TPSA) is 74.7 Å². The molecule has 0 amide bonds. The summed E-state index contributed by atoms with van der Waals surface area (Å²) in [5, 5.41) is 10.4. The van der Waals surface area contributed by atoms with Crippen molar-refractivity contribution in [3.8, 4) is 0 Å². The Labute approximate surface area is 150 Å². The maximum Gasteiger partial charge on any atom is 0.322 e. The molecule has 0 fully saturated rings. The zero-order valence-electron chi connectivity index (χ0n) is 12.7. The van der Waals surface area contributed by atoms with Crippen molar-refractivity contribution in [2.75, 3.05) is 7.05 Å². The van der Waals surface area contributed by atoms with Gasteiger partial charge < -0.3 is 5.11 Å². The molecule has 0 saturated carbocycles. The van der Waals surface area contributed by atoms with Crippen LogP contribution in [0.1, 0.15) is 5.56 Å². The summed E-state index contributed by atoms with van der Waals surface area (Å²) in [4.78, 5) is 11.6. The van der Waals surface area contributed by atoms with E-state index in [1.807, 2.05) is 0 Å². The van der Waals surface area contributed by atoms with Crippen LogP contribution in [0, 0.1) is 0 Å². The summed E-state index contributed by atoms with van der Waals surface area (Å²) in [6.07, 6.45) is 0.0236. The number of nitrogens with zero attached hydrogens (tertiary/aromatic N) is 1. The number of benzene rings is 2. The van der Waals surface area contributed by atoms with E-state index in [2.05, 4.69) is 0 Å². The predicted molar refractivity (Wildman–Crippen MR) is 93.0 cm³/mol. The van der Waals surface area contributed by atoms with Crippen molar-refractivity contribution in [3.63, 3.8) is 0 Å². The molecule has 0 aliphatic rings. The van der Waals surface area contributed by atoms with E-state index in [1.54, 1.807) is 24.3 Å². The van der Waals surface area contributed by atoms with Gasteiger partial charge in [0.2, 0.25) is 10.0 Å². The Hall–Kier alpha value is -1.60. The summed E-state index contributed by atoms with van der Waals surface area (Å²) >= 11 is 11.6. The number of hydrogen-bond acceptors (Lipinski definition) is 3. The summed E-state index contributed by atoms with van der Waals surface area (Å²) < 4.78 is 26.1. The number of hydrogen-bond donors (Lipinski definition) is 1. The molecule has 0 bridgehead atoms. The van der Waals surface area contributed by atoms with Crippen molar-refractivity contribution >= 4 is 39.2 Å². The Morgan fingerprint density at radius 1 is 1.04 bits per heavy atom. The molecule has 2 aromatic rings. The predicted octanol–water partition coefficient (Wildman–Crippen LogP) is 3.31. The molecule has 0 spiro atoms. The molecule has 0 aliphatic heterocycles. The van der Waals surface area contributed by atoms with Crippen LogP contribution in [0.3, 0.4) is 0 Å². The molecule has 128 valence electrons. The highest BCUT2D eigenvalue weighted by Crippen LogP contribution is 2.21. The van der Waals surface area contributed by atoms with Crippen molar-refractivity contribution in [2.45, 2.75) is 17.4 Å². The number of sulfonamides is 1. The van der Waals surface area contributed by atoms with Crippen LogP contribution >= 0.6 is 23.2 Å². The fourth-order valence-electron chi connectivity index (χ4n) is 2.16. The van der Waals surface area contributed by atoms with Crippen LogP contribution < -0.4 is 0 Å². The molecule has 0 heterocycles. The highest BCUT2D eigenvalue weighted by Gasteiger charge is 2.32. The lowest BCUT2D eigenvalue weighted by Gasteiger charge is -2.24. The van der Waals surface area contributed by atoms with Gasteiger partial charge in [0.25, 0.3) is 0 Å². The molecule has 1 N–H and O–H groups in total. The summed E-state index contributed by atoms with van der Waals surface area (Å²) in [7, 11) is -2.71. The monoisotopic (exact) mass is 387 g/mol. The van der Waals surface area contributed by atoms with Crippen LogP contribution in [0.2, 0.25) is 10.0 Å². The molecule has 0 unspecified atom stereocenters. The summed E-state index contributed by atoms with van der Waals surface area (Å²) in [6, 6.07) is 10.9. The largest absolute Gasteiger partial charge is 0.480 e. The standard InChI is InChI=1S/C16H15Cl2NO4S/c1-19(24(22,23)14-8-6-13(18)7-9-14)15(16(20)21)10-11-2-4-12(17)5-3-11/h2-9,15H,10H2,1H3,(H,20,21)/t15-/m1/s1. The van der Waals surface area contributed by atoms with E-state index in [0.717, 1.165) is 4.31 Å². The maximum absolute atomic E-state index is 12.6. The average molecular weight is 388 g/mol. The first-order chi connectivity index (χ1) is 11.2. The highest BCUT2D eigenvalue weighted by atomic mass is 35.5. The van der Waals surface area contributed by atoms with Crippen LogP contribution in [-0.4, -0.2) is 36.9 Å². The lowest BCUT2D eigenvalue weighted by atomic mass is 10.1. The fraction of sp³-hybridized carbons (Fsp3) is 0.188. The lowest BCUT2D eigenvalue weighted by molar-refractivity contribution is -0.141. The van der Waals surface area contributed by atoms with Crippen molar-refractivity contribution in [3.05, 3.63) is 64.1 Å². The molecule has 1 atom stereocenters. The van der Waals surface area contributed by atoms with Gasteiger partial charge in [0, 0.05) is 17.1 Å². The molecule has 0 aromatic heterocycles. The Kier molecular flexibility index (Phi) is 5.87. The van der Waals surface area contributed by atoms with Gasteiger partial charge in [0.15, 0.2) is 0 Å². The molecule has 2 aromatic carbocycles. The first-order valence-electron chi connectivity index (χ1n) is 6.92. The van der Waals surface area contributed by atoms with Crippen LogP contribution in [0.5, 0.6) is 0 Å². The van der Waals surface area contributed by atoms with Gasteiger partial charge in [-0.25, -0.2) is 8.42 Å². The Morgan fingerprint density at radius 3 is 1.96 bits per heavy atom. The molecule has 2 rings (SSSR count). The number of halogens is 2. The van der Waals surface area contributed by atoms with Gasteiger partial charge in [-0.15, -0.1) is 0 Å². The van der Waals surface area contributed by atoms with Gasteiger partial charge in [-0.3, -0.25) is 4.79 Å². The molecule has 5 nitrogen and oxygen atoms in total. The van der Waals surface area contributed by atoms with E-state index in [1.165, 1.54) is 31.3 Å². The van der Waals surface area contributed by atoms with Crippen molar-refractivity contribution < 1.29 is 18.3 Å². The van der Waals surface area contributed by atoms with Gasteiger partial charge >= 0.3 is 5.97 Å². The number of aliphatic carboxylic acids is 1. The molecule has 0 radical (unpaired) electrons. The summed E-state index contributed by atoms with van der Waals surface area (Å²) in [5.41, 5.74) is 0.671. The number of carboxylic acid groups (broad SMARTS) is 1. The summed E-state index contributed by atoms with van der Waals surface area (Å²) in [6.45, 7) is 0. The minimum absolute atomic E-state index is 0.0169. The quantitative estimate of drug-likeness (QED) is 0.824. The van der Waals surface area contributed by atoms with Gasteiger partial charge in [-0.05, 0) is 48.4 Å². The normalized spacial score (nSPS) is 13.0. The van der Waals surface area contributed by atoms with E-state index >= 15 is 0 Å². The van der Waals surface area contributed by atoms with Crippen molar-refractivity contribution in [1.29, 1.82) is 0 Å². The highest BCUT2D eigenvalue weighted by molar-refractivity contribution is 7.89. The summed E-state index contributed by atoms with van der Waals surface area (Å²) in [5.74, 6) is -1.23. The molecule has 0 saturated heterocycles. The third-order valence-corrected chi connectivity index (χ3v) is 5.94. The first kappa shape index (κ1) is 18.7. The van der Waals surface area contributed by atoms with Crippen LogP contribution in [0.15, 0.2) is 53.4 Å². The molecule has 24 heavy (non-hydrogen) atoms. The zero-order chi connectivity index (χ0) is 17.9. The molecular weight excluding hydrogens is 373 g/mol. The number of carbonyl (C=O) groups is 1. The second-order valence-electron chi connectivity index (χ2n) is 5.16. The fourth-order valence-corrected chi connectivity index (χ4v) is 3.72. The van der Waals surface area contributed by atoms with Crippen molar-refractivity contribution in [1.82, 2.24) is 4.31 Å². The zero-order valence-corrected chi connectivity index (χ0v) is 15.0. The van der Waals surface area contributed by atoms with Gasteiger partial charge in [0.05, 0.1) is 4.90 Å². The molecule has 8 heteroatoms. The SMILES string of the molecule is CN([C@H](Cc1ccc(Cl)cc1)C(=O)O)S(=O)(=O)c1ccc(Cl)cc1. The van der Waals surface area contributed by atoms with Crippen LogP contribution in [0.4, 0.5) is 0 Å². The van der Waals surface area contributed by atoms with E-state index in [0.29, 0.717) is 15.6 Å². The minimum Gasteiger partial charge on any atom is -0.480 e. The maximum atomic E-state index is 12.6. The number of rotatable bonds is 6. The van der Waals surface area contributed by atoms with E-state index < -0.39 is 22.0 Å². The average Bonchev–Trinajstić information content (AvgIpc) is 2.53. The van der Waals surface area contributed by atoms with E-state index in [4.69, 9.17) is 23.2 Å². The third kappa shape index (κ3) is 4.27. The van der Waals surface area contributed by atoms with Gasteiger partial charge in [-0.2, -0.15) is 4.31 Å². The molecule has 0 aliphatic carbocycles.